The number of benzene rings is 3. The van der Waals surface area contributed by atoms with Gasteiger partial charge in [0.2, 0.25) is 5.91 Å². The summed E-state index contributed by atoms with van der Waals surface area (Å²) in [5, 5.41) is 3.08. The Labute approximate surface area is 238 Å². The van der Waals surface area contributed by atoms with Gasteiger partial charge in [-0.2, -0.15) is 0 Å². The number of allylic oxidation sites excluding steroid dienone is 1. The molecule has 1 amide bonds. The van der Waals surface area contributed by atoms with E-state index in [4.69, 9.17) is 0 Å². The van der Waals surface area contributed by atoms with Gasteiger partial charge in [-0.05, 0) is 62.2 Å². The minimum atomic E-state index is -1.33. The zero-order valence-corrected chi connectivity index (χ0v) is 23.1. The Morgan fingerprint density at radius 3 is 2.37 bits per heavy atom. The predicted molar refractivity (Wildman–Crippen MR) is 159 cm³/mol. The molecular weight excluding hydrogens is 510 g/mol. The highest BCUT2D eigenvalue weighted by molar-refractivity contribution is 6.18. The van der Waals surface area contributed by atoms with Gasteiger partial charge in [-0.25, -0.2) is 0 Å². The molecule has 1 spiro atoms. The molecule has 0 aliphatic carbocycles. The van der Waals surface area contributed by atoms with Crippen molar-refractivity contribution in [3.8, 4) is 0 Å². The normalized spacial score (nSPS) is 23.9. The molecule has 1 N–H and O–H groups in total. The summed E-state index contributed by atoms with van der Waals surface area (Å²) >= 11 is 0. The third kappa shape index (κ3) is 3.50. The molecule has 1 aromatic heterocycles. The maximum absolute atomic E-state index is 14.7. The average molecular weight is 540 g/mol. The molecule has 3 aromatic carbocycles. The molecule has 4 atom stereocenters. The van der Waals surface area contributed by atoms with Crippen molar-refractivity contribution in [2.24, 2.45) is 5.92 Å². The second kappa shape index (κ2) is 9.10. The van der Waals surface area contributed by atoms with E-state index in [0.29, 0.717) is 16.8 Å². The molecule has 4 heterocycles. The zero-order chi connectivity index (χ0) is 28.5. The number of anilines is 2. The smallest absolute Gasteiger partial charge is 0.238 e. The van der Waals surface area contributed by atoms with E-state index in [1.807, 2.05) is 86.3 Å². The standard InChI is InChI=1S/C35H29N3O3/c1-20-10-13-23(14-11-20)33(40)31-30(32(39)24-7-6-16-36-19-24)35(26-8-4-5-9-27(26)37-34(35)41)29-18-22(3)25-17-21(2)12-15-28(25)38(29)31/h4-19,29-31H,1-3H3,(H,37,41)/t29-,30-,31-,35-/m1/s1. The lowest BCUT2D eigenvalue weighted by molar-refractivity contribution is -0.121. The van der Waals surface area contributed by atoms with E-state index < -0.39 is 23.4 Å². The molecule has 1 saturated heterocycles. The van der Waals surface area contributed by atoms with Gasteiger partial charge in [0.15, 0.2) is 11.6 Å². The fourth-order valence-electron chi connectivity index (χ4n) is 7.12. The molecule has 3 aliphatic rings. The van der Waals surface area contributed by atoms with E-state index >= 15 is 0 Å². The van der Waals surface area contributed by atoms with Crippen molar-refractivity contribution in [1.82, 2.24) is 4.98 Å². The number of rotatable bonds is 4. The van der Waals surface area contributed by atoms with Crippen molar-refractivity contribution in [1.29, 1.82) is 0 Å². The van der Waals surface area contributed by atoms with Crippen LogP contribution in [0.1, 0.15) is 49.9 Å². The van der Waals surface area contributed by atoms with Crippen LogP contribution < -0.4 is 10.2 Å². The number of fused-ring (bicyclic) bond motifs is 6. The fraction of sp³-hybridized carbons (Fsp3) is 0.200. The van der Waals surface area contributed by atoms with Crippen LogP contribution in [0.5, 0.6) is 0 Å². The van der Waals surface area contributed by atoms with Crippen LogP contribution >= 0.6 is 0 Å². The molecule has 1 fully saturated rings. The molecule has 0 bridgehead atoms. The topological polar surface area (TPSA) is 79.4 Å². The molecule has 202 valence electrons. The highest BCUT2D eigenvalue weighted by Crippen LogP contribution is 2.58. The average Bonchev–Trinajstić information content (AvgIpc) is 3.45. The van der Waals surface area contributed by atoms with E-state index in [1.54, 1.807) is 18.3 Å². The number of amides is 1. The number of nitrogens with one attached hydrogen (secondary N) is 1. The number of Topliss-reactive ketones (excluding diaryl/α,β-unsaturated/α-hetero) is 2. The predicted octanol–water partition coefficient (Wildman–Crippen LogP) is 5.94. The van der Waals surface area contributed by atoms with Crippen LogP contribution in [0.2, 0.25) is 0 Å². The van der Waals surface area contributed by atoms with Crippen molar-refractivity contribution in [2.45, 2.75) is 38.3 Å². The lowest BCUT2D eigenvalue weighted by atomic mass is 9.64. The maximum Gasteiger partial charge on any atom is 0.238 e. The summed E-state index contributed by atoms with van der Waals surface area (Å²) in [6.07, 6.45) is 5.22. The third-order valence-electron chi connectivity index (χ3n) is 8.97. The van der Waals surface area contributed by atoms with Gasteiger partial charge in [0.1, 0.15) is 11.5 Å². The largest absolute Gasteiger partial charge is 0.352 e. The minimum absolute atomic E-state index is 0.189. The summed E-state index contributed by atoms with van der Waals surface area (Å²) in [5.74, 6) is -1.74. The highest BCUT2D eigenvalue weighted by atomic mass is 16.2. The van der Waals surface area contributed by atoms with Gasteiger partial charge in [-0.15, -0.1) is 0 Å². The lowest BCUT2D eigenvalue weighted by Gasteiger charge is -2.39. The monoisotopic (exact) mass is 539 g/mol. The second-order valence-electron chi connectivity index (χ2n) is 11.3. The SMILES string of the molecule is CC1=C[C@H]2N(c3ccc(C)cc31)[C@@H](C(=O)c1ccc(C)cc1)[C@H](C(=O)c1cccnc1)[C@]21C(=O)Nc2ccccc21. The molecule has 7 rings (SSSR count). The molecule has 0 radical (unpaired) electrons. The number of carbonyl (C=O) groups is 3. The summed E-state index contributed by atoms with van der Waals surface area (Å²) in [4.78, 5) is 50.1. The Bertz CT molecular complexity index is 1780. The van der Waals surface area contributed by atoms with E-state index in [1.165, 1.54) is 6.20 Å². The van der Waals surface area contributed by atoms with E-state index in [2.05, 4.69) is 22.4 Å². The van der Waals surface area contributed by atoms with Crippen LogP contribution in [0.25, 0.3) is 5.57 Å². The Morgan fingerprint density at radius 1 is 0.854 bits per heavy atom. The van der Waals surface area contributed by atoms with Crippen LogP contribution in [-0.4, -0.2) is 34.5 Å². The van der Waals surface area contributed by atoms with Crippen molar-refractivity contribution in [3.05, 3.63) is 131 Å². The van der Waals surface area contributed by atoms with E-state index in [-0.39, 0.29) is 17.5 Å². The van der Waals surface area contributed by atoms with E-state index in [0.717, 1.165) is 33.5 Å². The van der Waals surface area contributed by atoms with Gasteiger partial charge in [-0.1, -0.05) is 65.7 Å². The Balaban J connectivity index is 1.56. The Kier molecular flexibility index (Phi) is 5.58. The van der Waals surface area contributed by atoms with Gasteiger partial charge in [-0.3, -0.25) is 19.4 Å². The van der Waals surface area contributed by atoms with Crippen LogP contribution in [-0.2, 0) is 10.2 Å². The number of ketones is 2. The van der Waals surface area contributed by atoms with Crippen molar-refractivity contribution in [2.75, 3.05) is 10.2 Å². The quantitative estimate of drug-likeness (QED) is 0.325. The molecule has 0 unspecified atom stereocenters. The van der Waals surface area contributed by atoms with Crippen molar-refractivity contribution < 1.29 is 14.4 Å². The number of aryl methyl sites for hydroxylation is 2. The van der Waals surface area contributed by atoms with Gasteiger partial charge in [0.05, 0.1) is 12.0 Å². The summed E-state index contributed by atoms with van der Waals surface area (Å²) in [5.41, 5.74) is 5.95. The number of nitrogens with zero attached hydrogens (tertiary/aromatic N) is 2. The number of aromatic nitrogens is 1. The fourth-order valence-corrected chi connectivity index (χ4v) is 7.12. The van der Waals surface area contributed by atoms with Crippen LogP contribution in [0.4, 0.5) is 11.4 Å². The van der Waals surface area contributed by atoms with Gasteiger partial charge >= 0.3 is 0 Å². The molecule has 41 heavy (non-hydrogen) atoms. The molecule has 6 heteroatoms. The maximum atomic E-state index is 14.7. The minimum Gasteiger partial charge on any atom is -0.352 e. The van der Waals surface area contributed by atoms with Gasteiger partial charge < -0.3 is 10.2 Å². The second-order valence-corrected chi connectivity index (χ2v) is 11.3. The first-order valence-electron chi connectivity index (χ1n) is 13.9. The molecule has 4 aromatic rings. The van der Waals surface area contributed by atoms with Crippen molar-refractivity contribution in [3.63, 3.8) is 0 Å². The lowest BCUT2D eigenvalue weighted by Crippen LogP contribution is -2.51. The zero-order valence-electron chi connectivity index (χ0n) is 23.1. The van der Waals surface area contributed by atoms with Gasteiger partial charge in [0.25, 0.3) is 0 Å². The first kappa shape index (κ1) is 25.1. The number of para-hydroxylation sites is 1. The number of hydrogen-bond acceptors (Lipinski definition) is 5. The summed E-state index contributed by atoms with van der Waals surface area (Å²) in [7, 11) is 0. The molecular formula is C35H29N3O3. The Morgan fingerprint density at radius 2 is 1.61 bits per heavy atom. The molecule has 6 nitrogen and oxygen atoms in total. The highest BCUT2D eigenvalue weighted by Gasteiger charge is 2.70. The number of pyridine rings is 1. The summed E-state index contributed by atoms with van der Waals surface area (Å²) < 4.78 is 0. The first-order chi connectivity index (χ1) is 19.8. The van der Waals surface area contributed by atoms with Crippen LogP contribution in [0, 0.1) is 19.8 Å². The summed E-state index contributed by atoms with van der Waals surface area (Å²) in [6, 6.07) is 23.1. The van der Waals surface area contributed by atoms with Crippen LogP contribution in [0.3, 0.4) is 0 Å². The van der Waals surface area contributed by atoms with Gasteiger partial charge in [0, 0.05) is 40.5 Å². The number of hydrogen-bond donors (Lipinski definition) is 1. The summed E-state index contributed by atoms with van der Waals surface area (Å²) in [6.45, 7) is 6.05. The molecule has 0 saturated carbocycles. The van der Waals surface area contributed by atoms with E-state index in [9.17, 15) is 14.4 Å². The Hall–Kier alpha value is -4.84. The first-order valence-corrected chi connectivity index (χ1v) is 13.9. The van der Waals surface area contributed by atoms with Crippen molar-refractivity contribution >= 4 is 34.4 Å². The number of carbonyl (C=O) groups excluding carboxylic acids is 3. The third-order valence-corrected chi connectivity index (χ3v) is 8.97. The van der Waals surface area contributed by atoms with Crippen LogP contribution in [0.15, 0.2) is 97.3 Å². The molecule has 3 aliphatic heterocycles.